The Morgan fingerprint density at radius 2 is 2.09 bits per heavy atom. The Morgan fingerprint density at radius 1 is 1.35 bits per heavy atom. The fourth-order valence-corrected chi connectivity index (χ4v) is 1.67. The number of rotatable bonds is 8. The quantitative estimate of drug-likeness (QED) is 0.331. The van der Waals surface area contributed by atoms with Crippen LogP contribution in [0.3, 0.4) is 0 Å². The number of hydrogen-bond donors (Lipinski definition) is 3. The molecule has 0 aliphatic carbocycles. The van der Waals surface area contributed by atoms with Crippen molar-refractivity contribution in [1.29, 1.82) is 0 Å². The topological polar surface area (TPSA) is 88.7 Å². The summed E-state index contributed by atoms with van der Waals surface area (Å²) in [6.45, 7) is 7.96. The molecule has 0 spiro atoms. The van der Waals surface area contributed by atoms with E-state index in [0.29, 0.717) is 30.7 Å². The fourth-order valence-electron chi connectivity index (χ4n) is 1.67. The first-order valence-corrected chi connectivity index (χ1v) is 7.53. The van der Waals surface area contributed by atoms with Gasteiger partial charge in [-0.1, -0.05) is 26.0 Å². The number of nitrogens with two attached hydrogens (primary N) is 1. The minimum absolute atomic E-state index is 0. The van der Waals surface area contributed by atoms with E-state index in [-0.39, 0.29) is 36.5 Å². The van der Waals surface area contributed by atoms with Crippen molar-refractivity contribution < 1.29 is 9.53 Å². The molecule has 1 amide bonds. The van der Waals surface area contributed by atoms with Gasteiger partial charge in [-0.05, 0) is 30.5 Å². The first-order chi connectivity index (χ1) is 10.5. The number of nitrogens with zero attached hydrogens (tertiary/aromatic N) is 1. The highest BCUT2D eigenvalue weighted by Gasteiger charge is 2.02. The Kier molecular flexibility index (Phi) is 11.2. The van der Waals surface area contributed by atoms with Crippen LogP contribution in [0.5, 0.6) is 5.75 Å². The molecular weight excluding hydrogens is 407 g/mol. The number of halogens is 1. The number of carbonyl (C=O) groups is 1. The van der Waals surface area contributed by atoms with Gasteiger partial charge in [-0.25, -0.2) is 4.99 Å². The standard InChI is InChI=1S/C16H26N4O2.HI/c1-4-18-15(21)11-22-14-7-5-6-13(8-14)10-20-16(17)19-9-12(2)3;/h5-8,12H,4,9-11H2,1-3H3,(H,18,21)(H3,17,19,20);1H. The van der Waals surface area contributed by atoms with E-state index in [9.17, 15) is 4.79 Å². The molecule has 1 aromatic carbocycles. The predicted octanol–water partition coefficient (Wildman–Crippen LogP) is 1.88. The normalized spacial score (nSPS) is 10.9. The Hall–Kier alpha value is -1.51. The summed E-state index contributed by atoms with van der Waals surface area (Å²) in [6, 6.07) is 7.49. The summed E-state index contributed by atoms with van der Waals surface area (Å²) in [5, 5.41) is 5.75. The molecule has 0 saturated heterocycles. The second-order valence-corrected chi connectivity index (χ2v) is 5.37. The smallest absolute Gasteiger partial charge is 0.257 e. The average Bonchev–Trinajstić information content (AvgIpc) is 2.49. The van der Waals surface area contributed by atoms with Crippen LogP contribution >= 0.6 is 24.0 Å². The minimum atomic E-state index is -0.131. The third-order valence-corrected chi connectivity index (χ3v) is 2.77. The summed E-state index contributed by atoms with van der Waals surface area (Å²) in [4.78, 5) is 15.6. The van der Waals surface area contributed by atoms with Gasteiger partial charge in [0.15, 0.2) is 12.6 Å². The molecular formula is C16H27IN4O2. The molecule has 130 valence electrons. The minimum Gasteiger partial charge on any atom is -0.484 e. The van der Waals surface area contributed by atoms with Crippen molar-refractivity contribution >= 4 is 35.8 Å². The number of carbonyl (C=O) groups excluding carboxylic acids is 1. The molecule has 1 aromatic rings. The van der Waals surface area contributed by atoms with Crippen LogP contribution in [-0.4, -0.2) is 31.6 Å². The number of amides is 1. The van der Waals surface area contributed by atoms with Gasteiger partial charge in [0.1, 0.15) is 5.75 Å². The second-order valence-electron chi connectivity index (χ2n) is 5.37. The molecule has 0 fully saturated rings. The van der Waals surface area contributed by atoms with E-state index in [0.717, 1.165) is 12.1 Å². The fraction of sp³-hybridized carbons (Fsp3) is 0.500. The van der Waals surface area contributed by atoms with Gasteiger partial charge in [-0.15, -0.1) is 24.0 Å². The first-order valence-electron chi connectivity index (χ1n) is 7.53. The van der Waals surface area contributed by atoms with Gasteiger partial charge >= 0.3 is 0 Å². The molecule has 0 radical (unpaired) electrons. The molecule has 1 rings (SSSR count). The van der Waals surface area contributed by atoms with E-state index in [1.165, 1.54) is 0 Å². The molecule has 0 aromatic heterocycles. The number of guanidine groups is 1. The van der Waals surface area contributed by atoms with Crippen LogP contribution in [0.1, 0.15) is 26.3 Å². The number of benzene rings is 1. The van der Waals surface area contributed by atoms with Crippen molar-refractivity contribution in [3.8, 4) is 5.75 Å². The lowest BCUT2D eigenvalue weighted by Gasteiger charge is -2.09. The Morgan fingerprint density at radius 3 is 2.74 bits per heavy atom. The van der Waals surface area contributed by atoms with Crippen LogP contribution < -0.4 is 21.1 Å². The summed E-state index contributed by atoms with van der Waals surface area (Å²) < 4.78 is 5.44. The third-order valence-electron chi connectivity index (χ3n) is 2.77. The van der Waals surface area contributed by atoms with Gasteiger partial charge in [-0.2, -0.15) is 0 Å². The van der Waals surface area contributed by atoms with Crippen LogP contribution in [0, 0.1) is 5.92 Å². The van der Waals surface area contributed by atoms with Gasteiger partial charge in [0.05, 0.1) is 6.54 Å². The zero-order valence-corrected chi connectivity index (χ0v) is 16.3. The highest BCUT2D eigenvalue weighted by Crippen LogP contribution is 2.13. The van der Waals surface area contributed by atoms with E-state index >= 15 is 0 Å². The monoisotopic (exact) mass is 434 g/mol. The summed E-state index contributed by atoms with van der Waals surface area (Å²) in [7, 11) is 0. The Balaban J connectivity index is 0.00000484. The van der Waals surface area contributed by atoms with E-state index < -0.39 is 0 Å². The van der Waals surface area contributed by atoms with E-state index in [1.54, 1.807) is 0 Å². The van der Waals surface area contributed by atoms with Crippen LogP contribution in [0.15, 0.2) is 29.3 Å². The van der Waals surface area contributed by atoms with Gasteiger partial charge < -0.3 is 21.1 Å². The Labute approximate surface area is 155 Å². The second kappa shape index (κ2) is 12.0. The van der Waals surface area contributed by atoms with Gasteiger partial charge in [0, 0.05) is 13.1 Å². The number of aliphatic imine (C=N–C) groups is 1. The van der Waals surface area contributed by atoms with Crippen molar-refractivity contribution in [2.75, 3.05) is 19.7 Å². The highest BCUT2D eigenvalue weighted by molar-refractivity contribution is 14.0. The van der Waals surface area contributed by atoms with Crippen molar-refractivity contribution in [3.63, 3.8) is 0 Å². The molecule has 7 heteroatoms. The van der Waals surface area contributed by atoms with E-state index in [1.807, 2.05) is 31.2 Å². The van der Waals surface area contributed by atoms with Gasteiger partial charge in [0.2, 0.25) is 0 Å². The third kappa shape index (κ3) is 9.98. The van der Waals surface area contributed by atoms with Crippen molar-refractivity contribution in [1.82, 2.24) is 10.6 Å². The molecule has 23 heavy (non-hydrogen) atoms. The van der Waals surface area contributed by atoms with E-state index in [4.69, 9.17) is 10.5 Å². The molecule has 0 heterocycles. The molecule has 6 nitrogen and oxygen atoms in total. The van der Waals surface area contributed by atoms with Gasteiger partial charge in [-0.3, -0.25) is 4.79 Å². The molecule has 0 atom stereocenters. The summed E-state index contributed by atoms with van der Waals surface area (Å²) in [5.74, 6) is 1.46. The van der Waals surface area contributed by atoms with Crippen LogP contribution in [0.25, 0.3) is 0 Å². The van der Waals surface area contributed by atoms with Crippen molar-refractivity contribution in [2.45, 2.75) is 27.3 Å². The lowest BCUT2D eigenvalue weighted by Crippen LogP contribution is -2.34. The number of hydrogen-bond acceptors (Lipinski definition) is 3. The maximum absolute atomic E-state index is 11.4. The maximum Gasteiger partial charge on any atom is 0.257 e. The predicted molar refractivity (Wildman–Crippen MR) is 104 cm³/mol. The Bertz CT molecular complexity index is 507. The summed E-state index contributed by atoms with van der Waals surface area (Å²) >= 11 is 0. The number of likely N-dealkylation sites (N-methyl/N-ethyl adjacent to an activating group) is 1. The van der Waals surface area contributed by atoms with Crippen molar-refractivity contribution in [2.24, 2.45) is 16.6 Å². The van der Waals surface area contributed by atoms with E-state index in [2.05, 4.69) is 29.5 Å². The number of ether oxygens (including phenoxy) is 1. The molecule has 4 N–H and O–H groups in total. The molecule has 0 aliphatic rings. The molecule has 0 bridgehead atoms. The van der Waals surface area contributed by atoms with Crippen LogP contribution in [-0.2, 0) is 11.3 Å². The molecule has 0 aliphatic heterocycles. The summed E-state index contributed by atoms with van der Waals surface area (Å²) in [6.07, 6.45) is 0. The maximum atomic E-state index is 11.4. The SMILES string of the molecule is CCNC(=O)COc1cccc(CN=C(N)NCC(C)C)c1.I. The highest BCUT2D eigenvalue weighted by atomic mass is 127. The number of nitrogens with one attached hydrogen (secondary N) is 2. The molecule has 0 saturated carbocycles. The van der Waals surface area contributed by atoms with Crippen molar-refractivity contribution in [3.05, 3.63) is 29.8 Å². The first kappa shape index (κ1) is 21.5. The zero-order valence-electron chi connectivity index (χ0n) is 14.0. The van der Waals surface area contributed by atoms with Crippen LogP contribution in [0.2, 0.25) is 0 Å². The zero-order chi connectivity index (χ0) is 16.4. The lowest BCUT2D eigenvalue weighted by atomic mass is 10.2. The lowest BCUT2D eigenvalue weighted by molar-refractivity contribution is -0.122. The average molecular weight is 434 g/mol. The summed E-state index contributed by atoms with van der Waals surface area (Å²) in [5.41, 5.74) is 6.77. The molecule has 0 unspecified atom stereocenters. The van der Waals surface area contributed by atoms with Gasteiger partial charge in [0.25, 0.3) is 5.91 Å². The van der Waals surface area contributed by atoms with Crippen LogP contribution in [0.4, 0.5) is 0 Å². The largest absolute Gasteiger partial charge is 0.484 e.